The van der Waals surface area contributed by atoms with E-state index < -0.39 is 0 Å². The maximum absolute atomic E-state index is 11.0. The number of hydrogen-bond donors (Lipinski definition) is 1. The molecule has 0 saturated heterocycles. The van der Waals surface area contributed by atoms with Crippen molar-refractivity contribution in [2.45, 2.75) is 19.9 Å². The summed E-state index contributed by atoms with van der Waals surface area (Å²) in [4.78, 5) is 10.6. The Labute approximate surface area is 132 Å². The standard InChI is InChI=1S/C15H14Cl2N2O2/c1-9-6-7-11(8-14(9)19(20)21)10(2)18-13-5-3-4-12(16)15(13)17/h3-8,10,18H,1-2H3. The molecule has 21 heavy (non-hydrogen) atoms. The lowest BCUT2D eigenvalue weighted by atomic mass is 10.0. The second-order valence-corrected chi connectivity index (χ2v) is 5.56. The fourth-order valence-electron chi connectivity index (χ4n) is 2.02. The molecule has 0 aliphatic heterocycles. The Bertz CT molecular complexity index is 689. The molecular formula is C15H14Cl2N2O2. The molecule has 0 heterocycles. The smallest absolute Gasteiger partial charge is 0.272 e. The van der Waals surface area contributed by atoms with Crippen LogP contribution in [0.25, 0.3) is 0 Å². The molecule has 0 amide bonds. The van der Waals surface area contributed by atoms with Crippen LogP contribution < -0.4 is 5.32 Å². The average molecular weight is 325 g/mol. The summed E-state index contributed by atoms with van der Waals surface area (Å²) < 4.78 is 0. The third kappa shape index (κ3) is 3.46. The summed E-state index contributed by atoms with van der Waals surface area (Å²) in [6.07, 6.45) is 0. The van der Waals surface area contributed by atoms with Crippen LogP contribution in [-0.2, 0) is 0 Å². The minimum absolute atomic E-state index is 0.110. The Balaban J connectivity index is 2.28. The molecule has 0 spiro atoms. The number of nitro benzene ring substituents is 1. The zero-order chi connectivity index (χ0) is 15.6. The molecule has 0 saturated carbocycles. The van der Waals surface area contributed by atoms with E-state index in [1.165, 1.54) is 0 Å². The highest BCUT2D eigenvalue weighted by molar-refractivity contribution is 6.43. The minimum atomic E-state index is -0.377. The highest BCUT2D eigenvalue weighted by Gasteiger charge is 2.15. The van der Waals surface area contributed by atoms with Crippen LogP contribution in [0.2, 0.25) is 10.0 Å². The van der Waals surface area contributed by atoms with Gasteiger partial charge in [0.25, 0.3) is 5.69 Å². The van der Waals surface area contributed by atoms with Crippen LogP contribution in [-0.4, -0.2) is 4.92 Å². The van der Waals surface area contributed by atoms with Gasteiger partial charge in [-0.2, -0.15) is 0 Å². The van der Waals surface area contributed by atoms with Crippen LogP contribution in [0.15, 0.2) is 36.4 Å². The second-order valence-electron chi connectivity index (χ2n) is 4.77. The van der Waals surface area contributed by atoms with Gasteiger partial charge in [0.15, 0.2) is 0 Å². The number of nitrogens with zero attached hydrogens (tertiary/aromatic N) is 1. The molecule has 0 fully saturated rings. The van der Waals surface area contributed by atoms with E-state index in [-0.39, 0.29) is 16.7 Å². The van der Waals surface area contributed by atoms with Crippen LogP contribution >= 0.6 is 23.2 Å². The van der Waals surface area contributed by atoms with Crippen molar-refractivity contribution in [1.82, 2.24) is 0 Å². The molecule has 2 aromatic carbocycles. The van der Waals surface area contributed by atoms with Crippen LogP contribution in [0.3, 0.4) is 0 Å². The quantitative estimate of drug-likeness (QED) is 0.606. The first-order chi connectivity index (χ1) is 9.90. The number of rotatable bonds is 4. The van der Waals surface area contributed by atoms with Gasteiger partial charge in [-0.3, -0.25) is 10.1 Å². The van der Waals surface area contributed by atoms with Gasteiger partial charge in [0.1, 0.15) is 0 Å². The Morgan fingerprint density at radius 1 is 1.24 bits per heavy atom. The molecule has 1 N–H and O–H groups in total. The third-order valence-corrected chi connectivity index (χ3v) is 4.07. The fraction of sp³-hybridized carbons (Fsp3) is 0.200. The van der Waals surface area contributed by atoms with Gasteiger partial charge in [-0.1, -0.05) is 41.4 Å². The number of aryl methyl sites for hydroxylation is 1. The molecule has 0 aromatic heterocycles. The largest absolute Gasteiger partial charge is 0.377 e. The summed E-state index contributed by atoms with van der Waals surface area (Å²) in [5.41, 5.74) is 2.25. The lowest BCUT2D eigenvalue weighted by Gasteiger charge is -2.17. The summed E-state index contributed by atoms with van der Waals surface area (Å²) in [5, 5.41) is 15.1. The summed E-state index contributed by atoms with van der Waals surface area (Å²) in [7, 11) is 0. The van der Waals surface area contributed by atoms with Crippen molar-refractivity contribution in [1.29, 1.82) is 0 Å². The zero-order valence-corrected chi connectivity index (χ0v) is 13.1. The van der Waals surface area contributed by atoms with Crippen molar-refractivity contribution < 1.29 is 4.92 Å². The van der Waals surface area contributed by atoms with Crippen molar-refractivity contribution in [2.24, 2.45) is 0 Å². The van der Waals surface area contributed by atoms with Gasteiger partial charge in [-0.05, 0) is 31.5 Å². The van der Waals surface area contributed by atoms with E-state index in [1.807, 2.05) is 19.1 Å². The molecule has 6 heteroatoms. The van der Waals surface area contributed by atoms with E-state index in [1.54, 1.807) is 31.2 Å². The number of nitro groups is 1. The normalized spacial score (nSPS) is 12.0. The van der Waals surface area contributed by atoms with Crippen molar-refractivity contribution in [2.75, 3.05) is 5.32 Å². The molecule has 2 rings (SSSR count). The minimum Gasteiger partial charge on any atom is -0.377 e. The maximum Gasteiger partial charge on any atom is 0.272 e. The number of halogens is 2. The fourth-order valence-corrected chi connectivity index (χ4v) is 2.38. The van der Waals surface area contributed by atoms with E-state index in [2.05, 4.69) is 5.32 Å². The Morgan fingerprint density at radius 2 is 1.95 bits per heavy atom. The van der Waals surface area contributed by atoms with Crippen molar-refractivity contribution in [3.05, 3.63) is 67.7 Å². The molecule has 0 bridgehead atoms. The van der Waals surface area contributed by atoms with Crippen LogP contribution in [0.5, 0.6) is 0 Å². The van der Waals surface area contributed by atoms with Gasteiger partial charge in [0.05, 0.1) is 20.7 Å². The first-order valence-electron chi connectivity index (χ1n) is 6.35. The third-order valence-electron chi connectivity index (χ3n) is 3.25. The summed E-state index contributed by atoms with van der Waals surface area (Å²) in [6, 6.07) is 10.3. The Kier molecular flexibility index (Phi) is 4.70. The molecular weight excluding hydrogens is 311 g/mol. The molecule has 1 unspecified atom stereocenters. The van der Waals surface area contributed by atoms with E-state index in [0.29, 0.717) is 21.3 Å². The lowest BCUT2D eigenvalue weighted by Crippen LogP contribution is -2.08. The predicted molar refractivity (Wildman–Crippen MR) is 86.3 cm³/mol. The molecule has 0 aliphatic rings. The number of nitrogens with one attached hydrogen (secondary N) is 1. The van der Waals surface area contributed by atoms with E-state index in [4.69, 9.17) is 23.2 Å². The first kappa shape index (κ1) is 15.6. The lowest BCUT2D eigenvalue weighted by molar-refractivity contribution is -0.385. The summed E-state index contributed by atoms with van der Waals surface area (Å²) in [5.74, 6) is 0. The maximum atomic E-state index is 11.0. The number of hydrogen-bond acceptors (Lipinski definition) is 3. The Morgan fingerprint density at radius 3 is 2.62 bits per heavy atom. The van der Waals surface area contributed by atoms with Crippen molar-refractivity contribution in [3.63, 3.8) is 0 Å². The molecule has 0 radical (unpaired) electrons. The predicted octanol–water partition coefficient (Wildman–Crippen LogP) is 5.38. The van der Waals surface area contributed by atoms with Crippen molar-refractivity contribution >= 4 is 34.6 Å². The monoisotopic (exact) mass is 324 g/mol. The average Bonchev–Trinajstić information content (AvgIpc) is 2.44. The van der Waals surface area contributed by atoms with E-state index >= 15 is 0 Å². The van der Waals surface area contributed by atoms with Gasteiger partial charge >= 0.3 is 0 Å². The molecule has 4 nitrogen and oxygen atoms in total. The van der Waals surface area contributed by atoms with Gasteiger partial charge < -0.3 is 5.32 Å². The van der Waals surface area contributed by atoms with E-state index in [0.717, 1.165) is 5.56 Å². The molecule has 1 atom stereocenters. The van der Waals surface area contributed by atoms with E-state index in [9.17, 15) is 10.1 Å². The summed E-state index contributed by atoms with van der Waals surface area (Å²) in [6.45, 7) is 3.62. The Hall–Kier alpha value is -1.78. The number of benzene rings is 2. The molecule has 2 aromatic rings. The first-order valence-corrected chi connectivity index (χ1v) is 7.11. The van der Waals surface area contributed by atoms with Gasteiger partial charge in [-0.15, -0.1) is 0 Å². The SMILES string of the molecule is Cc1ccc(C(C)Nc2cccc(Cl)c2Cl)cc1[N+](=O)[O-]. The van der Waals surface area contributed by atoms with Crippen LogP contribution in [0.1, 0.15) is 24.1 Å². The zero-order valence-electron chi connectivity index (χ0n) is 11.6. The topological polar surface area (TPSA) is 55.2 Å². The second kappa shape index (κ2) is 6.33. The van der Waals surface area contributed by atoms with Crippen molar-refractivity contribution in [3.8, 4) is 0 Å². The number of anilines is 1. The molecule has 0 aliphatic carbocycles. The summed E-state index contributed by atoms with van der Waals surface area (Å²) >= 11 is 12.1. The highest BCUT2D eigenvalue weighted by atomic mass is 35.5. The van der Waals surface area contributed by atoms with Gasteiger partial charge in [0, 0.05) is 17.7 Å². The van der Waals surface area contributed by atoms with Crippen LogP contribution in [0.4, 0.5) is 11.4 Å². The molecule has 110 valence electrons. The van der Waals surface area contributed by atoms with Gasteiger partial charge in [-0.25, -0.2) is 0 Å². The van der Waals surface area contributed by atoms with Crippen LogP contribution in [0, 0.1) is 17.0 Å². The highest BCUT2D eigenvalue weighted by Crippen LogP contribution is 2.32. The van der Waals surface area contributed by atoms with Gasteiger partial charge in [0.2, 0.25) is 0 Å².